The van der Waals surface area contributed by atoms with Gasteiger partial charge in [-0.3, -0.25) is 0 Å². The van der Waals surface area contributed by atoms with Crippen molar-refractivity contribution in [1.82, 2.24) is 4.57 Å². The zero-order chi connectivity index (χ0) is 13.3. The van der Waals surface area contributed by atoms with E-state index >= 15 is 0 Å². The first-order valence-corrected chi connectivity index (χ1v) is 6.76. The van der Waals surface area contributed by atoms with E-state index in [0.717, 1.165) is 18.0 Å². The molecule has 0 bridgehead atoms. The standard InChI is InChI=1S/C15H21ClN2/c1-15(2,3)6-7-18-10-11(9-17)13-5-4-12(16)8-14(13)18/h4-5,8,10H,6-7,9,17H2,1-3H3. The quantitative estimate of drug-likeness (QED) is 0.885. The molecule has 2 rings (SSSR count). The Bertz CT molecular complexity index is 549. The van der Waals surface area contributed by atoms with E-state index in [1.165, 1.54) is 16.5 Å². The van der Waals surface area contributed by atoms with Crippen LogP contribution in [0.2, 0.25) is 5.02 Å². The van der Waals surface area contributed by atoms with E-state index < -0.39 is 0 Å². The molecule has 0 unspecified atom stereocenters. The first-order chi connectivity index (χ1) is 8.40. The summed E-state index contributed by atoms with van der Waals surface area (Å²) in [6, 6.07) is 6.02. The summed E-state index contributed by atoms with van der Waals surface area (Å²) in [6.45, 7) is 8.35. The molecule has 0 atom stereocenters. The fourth-order valence-corrected chi connectivity index (χ4v) is 2.31. The molecule has 3 heteroatoms. The van der Waals surface area contributed by atoms with Crippen LogP contribution < -0.4 is 5.73 Å². The van der Waals surface area contributed by atoms with E-state index in [1.54, 1.807) is 0 Å². The van der Waals surface area contributed by atoms with Crippen molar-refractivity contribution >= 4 is 22.5 Å². The highest BCUT2D eigenvalue weighted by atomic mass is 35.5. The van der Waals surface area contributed by atoms with E-state index in [0.29, 0.717) is 12.0 Å². The molecule has 1 aromatic heterocycles. The number of aromatic nitrogens is 1. The van der Waals surface area contributed by atoms with Gasteiger partial charge in [0, 0.05) is 35.2 Å². The summed E-state index contributed by atoms with van der Waals surface area (Å²) in [5.41, 5.74) is 8.51. The molecule has 0 spiro atoms. The third-order valence-electron chi connectivity index (χ3n) is 3.25. The largest absolute Gasteiger partial charge is 0.347 e. The SMILES string of the molecule is CC(C)(C)CCn1cc(CN)c2ccc(Cl)cc21. The van der Waals surface area contributed by atoms with Crippen molar-refractivity contribution in [3.8, 4) is 0 Å². The molecule has 1 aromatic carbocycles. The summed E-state index contributed by atoms with van der Waals surface area (Å²) < 4.78 is 2.27. The van der Waals surface area contributed by atoms with Crippen LogP contribution >= 0.6 is 11.6 Å². The lowest BCUT2D eigenvalue weighted by molar-refractivity contribution is 0.353. The maximum Gasteiger partial charge on any atom is 0.0498 e. The predicted molar refractivity (Wildman–Crippen MR) is 78.9 cm³/mol. The number of hydrogen-bond donors (Lipinski definition) is 1. The Morgan fingerprint density at radius 3 is 2.61 bits per heavy atom. The highest BCUT2D eigenvalue weighted by Crippen LogP contribution is 2.27. The highest BCUT2D eigenvalue weighted by Gasteiger charge is 2.13. The van der Waals surface area contributed by atoms with Crippen molar-refractivity contribution in [2.24, 2.45) is 11.1 Å². The third kappa shape index (κ3) is 2.88. The molecule has 0 amide bonds. The molecular formula is C15H21ClN2. The maximum absolute atomic E-state index is 6.09. The highest BCUT2D eigenvalue weighted by molar-refractivity contribution is 6.31. The van der Waals surface area contributed by atoms with Gasteiger partial charge in [0.15, 0.2) is 0 Å². The molecule has 0 aliphatic rings. The fourth-order valence-electron chi connectivity index (χ4n) is 2.14. The Morgan fingerprint density at radius 2 is 2.00 bits per heavy atom. The molecule has 1 heterocycles. The third-order valence-corrected chi connectivity index (χ3v) is 3.48. The van der Waals surface area contributed by atoms with Gasteiger partial charge in [0.2, 0.25) is 0 Å². The normalized spacial score (nSPS) is 12.3. The Labute approximate surface area is 114 Å². The Morgan fingerprint density at radius 1 is 1.28 bits per heavy atom. The molecule has 0 aliphatic heterocycles. The van der Waals surface area contributed by atoms with Crippen LogP contribution in [0.1, 0.15) is 32.8 Å². The van der Waals surface area contributed by atoms with Gasteiger partial charge in [-0.2, -0.15) is 0 Å². The van der Waals surface area contributed by atoms with Gasteiger partial charge in [0.05, 0.1) is 0 Å². The van der Waals surface area contributed by atoms with Crippen molar-refractivity contribution in [2.75, 3.05) is 0 Å². The van der Waals surface area contributed by atoms with Gasteiger partial charge >= 0.3 is 0 Å². The second-order valence-corrected chi connectivity index (χ2v) is 6.46. The Balaban J connectivity index is 2.40. The fraction of sp³-hybridized carbons (Fsp3) is 0.467. The van der Waals surface area contributed by atoms with Crippen molar-refractivity contribution < 1.29 is 0 Å². The van der Waals surface area contributed by atoms with Crippen LogP contribution in [-0.4, -0.2) is 4.57 Å². The van der Waals surface area contributed by atoms with Crippen molar-refractivity contribution in [2.45, 2.75) is 40.3 Å². The molecule has 0 radical (unpaired) electrons. The van der Waals surface area contributed by atoms with Crippen molar-refractivity contribution in [3.63, 3.8) is 0 Å². The molecule has 2 N–H and O–H groups in total. The molecule has 2 aromatic rings. The van der Waals surface area contributed by atoms with Crippen LogP contribution in [0.25, 0.3) is 10.9 Å². The summed E-state index contributed by atoms with van der Waals surface area (Å²) >= 11 is 6.09. The maximum atomic E-state index is 6.09. The second kappa shape index (κ2) is 4.94. The minimum absolute atomic E-state index is 0.331. The number of benzene rings is 1. The molecule has 0 aliphatic carbocycles. The first kappa shape index (κ1) is 13.4. The van der Waals surface area contributed by atoms with Crippen molar-refractivity contribution in [3.05, 3.63) is 35.0 Å². The monoisotopic (exact) mass is 264 g/mol. The van der Waals surface area contributed by atoms with E-state index in [2.05, 4.69) is 37.6 Å². The van der Waals surface area contributed by atoms with Crippen LogP contribution in [0.3, 0.4) is 0 Å². The van der Waals surface area contributed by atoms with Crippen LogP contribution in [-0.2, 0) is 13.1 Å². The first-order valence-electron chi connectivity index (χ1n) is 6.38. The summed E-state index contributed by atoms with van der Waals surface area (Å²) in [7, 11) is 0. The molecular weight excluding hydrogens is 244 g/mol. The predicted octanol–water partition coefficient (Wildman–Crippen LogP) is 4.19. The van der Waals surface area contributed by atoms with Gasteiger partial charge in [-0.05, 0) is 29.5 Å². The number of nitrogens with two attached hydrogens (primary N) is 1. The van der Waals surface area contributed by atoms with E-state index in [4.69, 9.17) is 17.3 Å². The molecule has 98 valence electrons. The van der Waals surface area contributed by atoms with Crippen molar-refractivity contribution in [1.29, 1.82) is 0 Å². The lowest BCUT2D eigenvalue weighted by Crippen LogP contribution is -2.09. The second-order valence-electron chi connectivity index (χ2n) is 6.02. The van der Waals surface area contributed by atoms with Gasteiger partial charge < -0.3 is 10.3 Å². The number of fused-ring (bicyclic) bond motifs is 1. The zero-order valence-electron chi connectivity index (χ0n) is 11.3. The average molecular weight is 265 g/mol. The topological polar surface area (TPSA) is 30.9 Å². The number of nitrogens with zero attached hydrogens (tertiary/aromatic N) is 1. The Hall–Kier alpha value is -0.990. The van der Waals surface area contributed by atoms with Gasteiger partial charge in [-0.15, -0.1) is 0 Å². The van der Waals surface area contributed by atoms with Gasteiger partial charge in [-0.25, -0.2) is 0 Å². The number of aryl methyl sites for hydroxylation is 1. The summed E-state index contributed by atoms with van der Waals surface area (Å²) in [4.78, 5) is 0. The molecule has 0 saturated heterocycles. The van der Waals surface area contributed by atoms with Crippen LogP contribution in [0, 0.1) is 5.41 Å². The number of rotatable bonds is 3. The van der Waals surface area contributed by atoms with Gasteiger partial charge in [0.25, 0.3) is 0 Å². The van der Waals surface area contributed by atoms with Gasteiger partial charge in [0.1, 0.15) is 0 Å². The number of hydrogen-bond acceptors (Lipinski definition) is 1. The Kier molecular flexibility index (Phi) is 3.69. The summed E-state index contributed by atoms with van der Waals surface area (Å²) in [5.74, 6) is 0. The van der Waals surface area contributed by atoms with E-state index in [1.807, 2.05) is 12.1 Å². The lowest BCUT2D eigenvalue weighted by Gasteiger charge is -2.18. The average Bonchev–Trinajstić information content (AvgIpc) is 2.63. The van der Waals surface area contributed by atoms with E-state index in [9.17, 15) is 0 Å². The molecule has 0 fully saturated rings. The molecule has 2 nitrogen and oxygen atoms in total. The summed E-state index contributed by atoms with van der Waals surface area (Å²) in [5, 5.41) is 2.00. The van der Waals surface area contributed by atoms with Crippen LogP contribution in [0.5, 0.6) is 0 Å². The number of halogens is 1. The minimum atomic E-state index is 0.331. The van der Waals surface area contributed by atoms with E-state index in [-0.39, 0.29) is 0 Å². The zero-order valence-corrected chi connectivity index (χ0v) is 12.1. The summed E-state index contributed by atoms with van der Waals surface area (Å²) in [6.07, 6.45) is 3.29. The minimum Gasteiger partial charge on any atom is -0.347 e. The van der Waals surface area contributed by atoms with Gasteiger partial charge in [-0.1, -0.05) is 38.4 Å². The lowest BCUT2D eigenvalue weighted by atomic mass is 9.92. The van der Waals surface area contributed by atoms with Crippen LogP contribution in [0.4, 0.5) is 0 Å². The van der Waals surface area contributed by atoms with Crippen LogP contribution in [0.15, 0.2) is 24.4 Å². The molecule has 0 saturated carbocycles. The molecule has 18 heavy (non-hydrogen) atoms. The smallest absolute Gasteiger partial charge is 0.0498 e.